The van der Waals surface area contributed by atoms with Gasteiger partial charge in [-0.2, -0.15) is 0 Å². The molecule has 5 heteroatoms. The van der Waals surface area contributed by atoms with Crippen molar-refractivity contribution in [3.63, 3.8) is 0 Å². The van der Waals surface area contributed by atoms with E-state index in [1.165, 1.54) is 12.1 Å². The molecule has 4 rings (SSSR count). The van der Waals surface area contributed by atoms with Crippen molar-refractivity contribution < 1.29 is 10.2 Å². The average molecular weight is 372 g/mol. The van der Waals surface area contributed by atoms with E-state index in [-0.39, 0.29) is 17.1 Å². The Morgan fingerprint density at radius 2 is 1.57 bits per heavy atom. The van der Waals surface area contributed by atoms with Crippen molar-refractivity contribution in [2.24, 2.45) is 0 Å². The second-order valence-electron chi connectivity index (χ2n) is 6.74. The van der Waals surface area contributed by atoms with E-state index in [9.17, 15) is 15.0 Å². The molecule has 0 aliphatic heterocycles. The third kappa shape index (κ3) is 3.60. The first-order valence-corrected chi connectivity index (χ1v) is 9.15. The zero-order valence-electron chi connectivity index (χ0n) is 15.2. The van der Waals surface area contributed by atoms with Crippen molar-refractivity contribution in [2.75, 3.05) is 0 Å². The molecule has 0 radical (unpaired) electrons. The lowest BCUT2D eigenvalue weighted by atomic mass is 10.1. The van der Waals surface area contributed by atoms with E-state index >= 15 is 0 Å². The molecule has 0 atom stereocenters. The third-order valence-electron chi connectivity index (χ3n) is 4.81. The quantitative estimate of drug-likeness (QED) is 0.525. The molecule has 2 N–H and O–H groups in total. The Morgan fingerprint density at radius 3 is 2.36 bits per heavy atom. The molecule has 5 nitrogen and oxygen atoms in total. The minimum absolute atomic E-state index is 0.0699. The summed E-state index contributed by atoms with van der Waals surface area (Å²) in [4.78, 5) is 17.9. The van der Waals surface area contributed by atoms with Gasteiger partial charge in [0.15, 0.2) is 11.5 Å². The molecule has 0 fully saturated rings. The number of hydrogen-bond acceptors (Lipinski definition) is 4. The van der Waals surface area contributed by atoms with E-state index < -0.39 is 0 Å². The van der Waals surface area contributed by atoms with Gasteiger partial charge >= 0.3 is 0 Å². The first-order valence-electron chi connectivity index (χ1n) is 9.15. The highest BCUT2D eigenvalue weighted by Crippen LogP contribution is 2.25. The number of phenolic OH excluding ortho intramolecular Hbond substituents is 2. The van der Waals surface area contributed by atoms with Gasteiger partial charge in [-0.25, -0.2) is 4.98 Å². The van der Waals surface area contributed by atoms with Gasteiger partial charge in [-0.3, -0.25) is 9.36 Å². The number of para-hydroxylation sites is 1. The summed E-state index contributed by atoms with van der Waals surface area (Å²) < 4.78 is 1.71. The van der Waals surface area contributed by atoms with Crippen LogP contribution in [0.2, 0.25) is 0 Å². The lowest BCUT2D eigenvalue weighted by Crippen LogP contribution is -2.26. The van der Waals surface area contributed by atoms with E-state index in [0.717, 1.165) is 11.1 Å². The molecule has 1 heterocycles. The summed E-state index contributed by atoms with van der Waals surface area (Å²) in [5.74, 6) is 0.391. The fraction of sp³-hybridized carbons (Fsp3) is 0.130. The number of phenols is 2. The molecule has 1 aromatic heterocycles. The molecule has 140 valence electrons. The van der Waals surface area contributed by atoms with Crippen LogP contribution in [0.4, 0.5) is 0 Å². The Morgan fingerprint density at radius 1 is 0.821 bits per heavy atom. The second-order valence-corrected chi connectivity index (χ2v) is 6.74. The van der Waals surface area contributed by atoms with Crippen LogP contribution in [0.25, 0.3) is 10.9 Å². The van der Waals surface area contributed by atoms with E-state index in [0.29, 0.717) is 36.1 Å². The highest BCUT2D eigenvalue weighted by molar-refractivity contribution is 5.77. The summed E-state index contributed by atoms with van der Waals surface area (Å²) in [5, 5.41) is 19.8. The number of aromatic nitrogens is 2. The van der Waals surface area contributed by atoms with Crippen LogP contribution in [0, 0.1) is 0 Å². The predicted octanol–water partition coefficient (Wildman–Crippen LogP) is 3.64. The van der Waals surface area contributed by atoms with Crippen molar-refractivity contribution in [2.45, 2.75) is 19.4 Å². The summed E-state index contributed by atoms with van der Waals surface area (Å²) in [7, 11) is 0. The van der Waals surface area contributed by atoms with Crippen molar-refractivity contribution >= 4 is 10.9 Å². The zero-order valence-corrected chi connectivity index (χ0v) is 15.2. The molecule has 0 bridgehead atoms. The maximum absolute atomic E-state index is 13.1. The average Bonchev–Trinajstić information content (AvgIpc) is 2.71. The number of benzene rings is 3. The number of aryl methyl sites for hydroxylation is 1. The minimum Gasteiger partial charge on any atom is -0.504 e. The van der Waals surface area contributed by atoms with Crippen LogP contribution in [0.1, 0.15) is 17.0 Å². The summed E-state index contributed by atoms with van der Waals surface area (Å²) in [6.45, 7) is 0.434. The minimum atomic E-state index is -0.161. The fourth-order valence-corrected chi connectivity index (χ4v) is 3.32. The maximum atomic E-state index is 13.1. The molecule has 0 aliphatic rings. The van der Waals surface area contributed by atoms with Gasteiger partial charge in [0, 0.05) is 13.0 Å². The standard InChI is InChI=1S/C23H20N2O3/c26-20-11-10-17(14-21(20)27)12-13-25-22(15-16-6-2-1-3-7-16)24-19-9-5-4-8-18(19)23(25)28/h1-11,14,26-27H,12-13,15H2. The van der Waals surface area contributed by atoms with Crippen molar-refractivity contribution in [1.82, 2.24) is 9.55 Å². The van der Waals surface area contributed by atoms with Crippen molar-refractivity contribution in [1.29, 1.82) is 0 Å². The number of rotatable bonds is 5. The van der Waals surface area contributed by atoms with Crippen LogP contribution in [0.5, 0.6) is 11.5 Å². The lowest BCUT2D eigenvalue weighted by molar-refractivity contribution is 0.403. The van der Waals surface area contributed by atoms with Crippen LogP contribution in [0.15, 0.2) is 77.6 Å². The highest BCUT2D eigenvalue weighted by atomic mass is 16.3. The summed E-state index contributed by atoms with van der Waals surface area (Å²) in [6, 6.07) is 22.0. The molecule has 0 aliphatic carbocycles. The first kappa shape index (κ1) is 17.8. The molecular weight excluding hydrogens is 352 g/mol. The van der Waals surface area contributed by atoms with Gasteiger partial charge in [-0.05, 0) is 41.8 Å². The number of nitrogens with zero attached hydrogens (tertiary/aromatic N) is 2. The summed E-state index contributed by atoms with van der Waals surface area (Å²) in [6.07, 6.45) is 1.09. The van der Waals surface area contributed by atoms with Gasteiger partial charge in [0.05, 0.1) is 10.9 Å². The van der Waals surface area contributed by atoms with E-state index in [1.54, 1.807) is 16.7 Å². The molecule has 3 aromatic carbocycles. The van der Waals surface area contributed by atoms with E-state index in [2.05, 4.69) is 0 Å². The molecule has 0 saturated heterocycles. The summed E-state index contributed by atoms with van der Waals surface area (Å²) in [5.41, 5.74) is 2.54. The van der Waals surface area contributed by atoms with Gasteiger partial charge in [-0.15, -0.1) is 0 Å². The number of aromatic hydroxyl groups is 2. The topological polar surface area (TPSA) is 75.4 Å². The number of fused-ring (bicyclic) bond motifs is 1. The first-order chi connectivity index (χ1) is 13.6. The monoisotopic (exact) mass is 372 g/mol. The largest absolute Gasteiger partial charge is 0.504 e. The Hall–Kier alpha value is -3.60. The maximum Gasteiger partial charge on any atom is 0.261 e. The van der Waals surface area contributed by atoms with Crippen LogP contribution >= 0.6 is 0 Å². The molecule has 0 saturated carbocycles. The summed E-state index contributed by atoms with van der Waals surface area (Å²) >= 11 is 0. The van der Waals surface area contributed by atoms with Crippen molar-refractivity contribution in [3.8, 4) is 11.5 Å². The van der Waals surface area contributed by atoms with Crippen molar-refractivity contribution in [3.05, 3.63) is 100 Å². The molecule has 0 unspecified atom stereocenters. The fourth-order valence-electron chi connectivity index (χ4n) is 3.32. The van der Waals surface area contributed by atoms with Gasteiger partial charge < -0.3 is 10.2 Å². The molecule has 0 amide bonds. The van der Waals surface area contributed by atoms with Gasteiger partial charge in [0.25, 0.3) is 5.56 Å². The van der Waals surface area contributed by atoms with Crippen LogP contribution in [0.3, 0.4) is 0 Å². The zero-order chi connectivity index (χ0) is 19.5. The SMILES string of the molecule is O=c1c2ccccc2nc(Cc2ccccc2)n1CCc1ccc(O)c(O)c1. The Kier molecular flexibility index (Phi) is 4.81. The van der Waals surface area contributed by atoms with Gasteiger partial charge in [0.1, 0.15) is 5.82 Å². The Bertz CT molecular complexity index is 1180. The van der Waals surface area contributed by atoms with E-state index in [1.807, 2.05) is 48.5 Å². The second kappa shape index (κ2) is 7.56. The Labute approximate surface area is 162 Å². The predicted molar refractivity (Wildman–Crippen MR) is 109 cm³/mol. The lowest BCUT2D eigenvalue weighted by Gasteiger charge is -2.14. The van der Waals surface area contributed by atoms with Crippen LogP contribution < -0.4 is 5.56 Å². The molecule has 28 heavy (non-hydrogen) atoms. The molecule has 4 aromatic rings. The molecule has 0 spiro atoms. The van der Waals surface area contributed by atoms with Crippen LogP contribution in [-0.4, -0.2) is 19.8 Å². The van der Waals surface area contributed by atoms with Gasteiger partial charge in [0.2, 0.25) is 0 Å². The smallest absolute Gasteiger partial charge is 0.261 e. The van der Waals surface area contributed by atoms with Gasteiger partial charge in [-0.1, -0.05) is 48.5 Å². The molecular formula is C23H20N2O3. The highest BCUT2D eigenvalue weighted by Gasteiger charge is 2.12. The third-order valence-corrected chi connectivity index (χ3v) is 4.81. The number of hydrogen-bond donors (Lipinski definition) is 2. The van der Waals surface area contributed by atoms with E-state index in [4.69, 9.17) is 4.98 Å². The van der Waals surface area contributed by atoms with Crippen LogP contribution in [-0.2, 0) is 19.4 Å². The normalized spacial score (nSPS) is 11.0. The Balaban J connectivity index is 1.73.